The van der Waals surface area contributed by atoms with Crippen molar-refractivity contribution in [3.63, 3.8) is 0 Å². The number of hydrogen-bond donors (Lipinski definition) is 2. The molecule has 0 unspecified atom stereocenters. The van der Waals surface area contributed by atoms with E-state index in [-0.39, 0.29) is 24.4 Å². The summed E-state index contributed by atoms with van der Waals surface area (Å²) in [5.41, 5.74) is 0. The van der Waals surface area contributed by atoms with Gasteiger partial charge in [-0.15, -0.1) is 23.7 Å². The molecule has 1 saturated heterocycles. The van der Waals surface area contributed by atoms with Gasteiger partial charge in [-0.3, -0.25) is 4.79 Å². The number of amides is 1. The van der Waals surface area contributed by atoms with E-state index in [9.17, 15) is 9.90 Å². The monoisotopic (exact) mass is 263 g/mol. The predicted molar refractivity (Wildman–Crippen MR) is 63.5 cm³/mol. The molecule has 90 valence electrons. The molecule has 2 heterocycles. The number of rotatable bonds is 1. The van der Waals surface area contributed by atoms with Gasteiger partial charge in [-0.1, -0.05) is 0 Å². The van der Waals surface area contributed by atoms with Crippen molar-refractivity contribution < 1.29 is 9.90 Å². The molecule has 1 amide bonds. The van der Waals surface area contributed by atoms with Crippen LogP contribution in [0.15, 0.2) is 16.6 Å². The highest BCUT2D eigenvalue weighted by molar-refractivity contribution is 7.07. The lowest BCUT2D eigenvalue weighted by molar-refractivity contribution is -0.119. The summed E-state index contributed by atoms with van der Waals surface area (Å²) in [5.74, 6) is -0.204. The number of aryl methyl sites for hydroxylation is 1. The first-order chi connectivity index (χ1) is 7.16. The van der Waals surface area contributed by atoms with Gasteiger partial charge >= 0.3 is 0 Å². The van der Waals surface area contributed by atoms with E-state index in [0.29, 0.717) is 17.8 Å². The zero-order valence-electron chi connectivity index (χ0n) is 8.79. The molecule has 2 atom stereocenters. The van der Waals surface area contributed by atoms with Crippen molar-refractivity contribution in [2.45, 2.75) is 18.6 Å². The fourth-order valence-corrected chi connectivity index (χ4v) is 2.25. The van der Waals surface area contributed by atoms with Crippen LogP contribution in [0, 0.1) is 0 Å². The zero-order valence-corrected chi connectivity index (χ0v) is 10.4. The number of halogens is 1. The average Bonchev–Trinajstić information content (AvgIpc) is 2.77. The molecule has 0 bridgehead atoms. The van der Waals surface area contributed by atoms with Crippen LogP contribution in [0.5, 0.6) is 0 Å². The minimum atomic E-state index is -0.425. The SMILES string of the molecule is Cl.Cn1ccsc1=NC(=O)[C@H]1C[C@H](O)CN1. The van der Waals surface area contributed by atoms with Crippen LogP contribution in [0.1, 0.15) is 6.42 Å². The number of carbonyl (C=O) groups excluding carboxylic acids is 1. The molecule has 0 radical (unpaired) electrons. The Labute approximate surface area is 103 Å². The van der Waals surface area contributed by atoms with Crippen molar-refractivity contribution in [2.24, 2.45) is 12.0 Å². The molecule has 2 rings (SSSR count). The van der Waals surface area contributed by atoms with E-state index in [1.54, 1.807) is 4.57 Å². The second-order valence-electron chi connectivity index (χ2n) is 3.60. The van der Waals surface area contributed by atoms with Crippen molar-refractivity contribution in [1.29, 1.82) is 0 Å². The number of thiazole rings is 1. The van der Waals surface area contributed by atoms with Crippen molar-refractivity contribution in [1.82, 2.24) is 9.88 Å². The second kappa shape index (κ2) is 5.58. The molecule has 2 N–H and O–H groups in total. The topological polar surface area (TPSA) is 66.6 Å². The average molecular weight is 264 g/mol. The molecule has 0 aliphatic carbocycles. The molecular formula is C9H14ClN3O2S. The third-order valence-corrected chi connectivity index (χ3v) is 3.22. The predicted octanol–water partition coefficient (Wildman–Crippen LogP) is -0.342. The van der Waals surface area contributed by atoms with Gasteiger partial charge in [0.2, 0.25) is 0 Å². The molecule has 1 aliphatic rings. The number of hydrogen-bond acceptors (Lipinski definition) is 4. The fourth-order valence-electron chi connectivity index (χ4n) is 1.51. The Balaban J connectivity index is 0.00000128. The van der Waals surface area contributed by atoms with E-state index in [2.05, 4.69) is 10.3 Å². The maximum Gasteiger partial charge on any atom is 0.265 e. The Morgan fingerprint density at radius 1 is 1.75 bits per heavy atom. The van der Waals surface area contributed by atoms with Gasteiger partial charge in [-0.2, -0.15) is 4.99 Å². The lowest BCUT2D eigenvalue weighted by Crippen LogP contribution is -2.31. The van der Waals surface area contributed by atoms with Crippen LogP contribution in [0.2, 0.25) is 0 Å². The lowest BCUT2D eigenvalue weighted by Gasteiger charge is -2.02. The first-order valence-corrected chi connectivity index (χ1v) is 5.65. The summed E-state index contributed by atoms with van der Waals surface area (Å²) in [7, 11) is 1.85. The standard InChI is InChI=1S/C9H13N3O2S.ClH/c1-12-2-3-15-9(12)11-8(14)7-4-6(13)5-10-7;/h2-3,6-7,10,13H,4-5H2,1H3;1H/t6-,7+;/m0./s1. The van der Waals surface area contributed by atoms with Crippen LogP contribution in [-0.4, -0.2) is 34.3 Å². The Bertz CT molecular complexity index is 428. The third-order valence-electron chi connectivity index (χ3n) is 2.37. The molecule has 1 aromatic rings. The second-order valence-corrected chi connectivity index (χ2v) is 4.47. The van der Waals surface area contributed by atoms with Gasteiger partial charge in [0.05, 0.1) is 12.1 Å². The zero-order chi connectivity index (χ0) is 10.8. The highest BCUT2D eigenvalue weighted by Crippen LogP contribution is 2.07. The number of aliphatic hydroxyl groups is 1. The van der Waals surface area contributed by atoms with Gasteiger partial charge in [-0.25, -0.2) is 0 Å². The Kier molecular flexibility index (Phi) is 4.67. The number of aliphatic hydroxyl groups excluding tert-OH is 1. The molecule has 1 aliphatic heterocycles. The van der Waals surface area contributed by atoms with E-state index in [0.717, 1.165) is 0 Å². The summed E-state index contributed by atoms with van der Waals surface area (Å²) in [6.45, 7) is 0.475. The van der Waals surface area contributed by atoms with Crippen molar-refractivity contribution in [3.05, 3.63) is 16.4 Å². The van der Waals surface area contributed by atoms with Crippen LogP contribution >= 0.6 is 23.7 Å². The summed E-state index contributed by atoms with van der Waals surface area (Å²) in [6, 6.07) is -0.331. The van der Waals surface area contributed by atoms with Gasteiger partial charge in [0, 0.05) is 25.2 Å². The fraction of sp³-hybridized carbons (Fsp3) is 0.556. The Morgan fingerprint density at radius 3 is 3.00 bits per heavy atom. The van der Waals surface area contributed by atoms with E-state index >= 15 is 0 Å². The molecule has 5 nitrogen and oxygen atoms in total. The highest BCUT2D eigenvalue weighted by Gasteiger charge is 2.27. The third kappa shape index (κ3) is 2.91. The van der Waals surface area contributed by atoms with E-state index in [4.69, 9.17) is 0 Å². The molecule has 0 aromatic carbocycles. The number of aromatic nitrogens is 1. The van der Waals surface area contributed by atoms with E-state index < -0.39 is 6.10 Å². The molecule has 16 heavy (non-hydrogen) atoms. The van der Waals surface area contributed by atoms with Crippen LogP contribution in [0.3, 0.4) is 0 Å². The normalized spacial score (nSPS) is 25.5. The Hall–Kier alpha value is -0.690. The highest BCUT2D eigenvalue weighted by atomic mass is 35.5. The Morgan fingerprint density at radius 2 is 2.50 bits per heavy atom. The lowest BCUT2D eigenvalue weighted by atomic mass is 10.2. The van der Waals surface area contributed by atoms with Crippen molar-refractivity contribution in [2.75, 3.05) is 6.54 Å². The summed E-state index contributed by atoms with van der Waals surface area (Å²) >= 11 is 1.42. The molecule has 0 spiro atoms. The first kappa shape index (κ1) is 13.4. The number of carbonyl (C=O) groups is 1. The van der Waals surface area contributed by atoms with Gasteiger partial charge in [0.1, 0.15) is 0 Å². The van der Waals surface area contributed by atoms with E-state index in [1.807, 2.05) is 18.6 Å². The van der Waals surface area contributed by atoms with Gasteiger partial charge < -0.3 is 15.0 Å². The molecule has 1 aromatic heterocycles. The van der Waals surface area contributed by atoms with Crippen LogP contribution in [0.4, 0.5) is 0 Å². The smallest absolute Gasteiger partial charge is 0.265 e. The summed E-state index contributed by atoms with van der Waals surface area (Å²) in [6.07, 6.45) is 1.89. The minimum absolute atomic E-state index is 0. The number of nitrogens with zero attached hydrogens (tertiary/aromatic N) is 2. The summed E-state index contributed by atoms with van der Waals surface area (Å²) in [4.78, 5) is 16.4. The van der Waals surface area contributed by atoms with Crippen molar-refractivity contribution >= 4 is 29.7 Å². The number of nitrogens with one attached hydrogen (secondary N) is 1. The van der Waals surface area contributed by atoms with Gasteiger partial charge in [0.15, 0.2) is 4.80 Å². The maximum absolute atomic E-state index is 11.7. The maximum atomic E-state index is 11.7. The molecule has 1 fully saturated rings. The minimum Gasteiger partial charge on any atom is -0.392 e. The van der Waals surface area contributed by atoms with Crippen LogP contribution in [0.25, 0.3) is 0 Å². The van der Waals surface area contributed by atoms with Crippen LogP contribution in [-0.2, 0) is 11.8 Å². The molecule has 0 saturated carbocycles. The van der Waals surface area contributed by atoms with E-state index in [1.165, 1.54) is 11.3 Å². The largest absolute Gasteiger partial charge is 0.392 e. The molecular weight excluding hydrogens is 250 g/mol. The summed E-state index contributed by atoms with van der Waals surface area (Å²) < 4.78 is 1.80. The quantitative estimate of drug-likeness (QED) is 0.729. The van der Waals surface area contributed by atoms with Crippen LogP contribution < -0.4 is 10.1 Å². The van der Waals surface area contributed by atoms with Crippen molar-refractivity contribution in [3.8, 4) is 0 Å². The molecule has 7 heteroatoms. The van der Waals surface area contributed by atoms with Gasteiger partial charge in [-0.05, 0) is 6.42 Å². The first-order valence-electron chi connectivity index (χ1n) is 4.77. The summed E-state index contributed by atoms with van der Waals surface area (Å²) in [5, 5.41) is 14.1. The van der Waals surface area contributed by atoms with Gasteiger partial charge in [0.25, 0.3) is 5.91 Å². The number of β-amino-alcohol motifs (C(OH)–C–C–N with tert-alkyl or cyclic N) is 1.